The van der Waals surface area contributed by atoms with Gasteiger partial charge in [0.2, 0.25) is 5.92 Å². The zero-order valence-corrected chi connectivity index (χ0v) is 12.9. The molecule has 1 N–H and O–H groups in total. The fraction of sp³-hybridized carbons (Fsp3) is 0.867. The molecule has 2 fully saturated rings. The van der Waals surface area contributed by atoms with Gasteiger partial charge in [0.05, 0.1) is 12.5 Å². The molecule has 5 nitrogen and oxygen atoms in total. The number of nitrogens with zero attached hydrogens (tertiary/aromatic N) is 1. The second-order valence-electron chi connectivity index (χ2n) is 6.12. The highest BCUT2D eigenvalue weighted by molar-refractivity contribution is 5.77. The third-order valence-corrected chi connectivity index (χ3v) is 4.37. The average Bonchev–Trinajstić information content (AvgIpc) is 2.50. The fourth-order valence-corrected chi connectivity index (χ4v) is 3.06. The number of carbonyl (C=O) groups excluding carboxylic acids is 2. The summed E-state index contributed by atoms with van der Waals surface area (Å²) in [5, 5.41) is 2.82. The lowest BCUT2D eigenvalue weighted by molar-refractivity contribution is -0.149. The van der Waals surface area contributed by atoms with Crippen LogP contribution in [0.1, 0.15) is 45.4 Å². The number of nitrogens with one attached hydrogen (secondary N) is 1. The van der Waals surface area contributed by atoms with Crippen molar-refractivity contribution in [1.29, 1.82) is 0 Å². The predicted octanol–water partition coefficient (Wildman–Crippen LogP) is 2.55. The molecule has 126 valence electrons. The van der Waals surface area contributed by atoms with E-state index in [1.54, 1.807) is 11.8 Å². The van der Waals surface area contributed by atoms with Gasteiger partial charge in [0.15, 0.2) is 0 Å². The number of esters is 1. The molecule has 0 aromatic rings. The number of urea groups is 1. The largest absolute Gasteiger partial charge is 0.466 e. The summed E-state index contributed by atoms with van der Waals surface area (Å²) in [6.07, 6.45) is 1.71. The van der Waals surface area contributed by atoms with Gasteiger partial charge in [-0.05, 0) is 32.6 Å². The number of amides is 2. The van der Waals surface area contributed by atoms with E-state index in [1.165, 1.54) is 0 Å². The van der Waals surface area contributed by atoms with Crippen LogP contribution in [0.5, 0.6) is 0 Å². The molecule has 1 heterocycles. The molecule has 2 aliphatic rings. The van der Waals surface area contributed by atoms with Crippen molar-refractivity contribution >= 4 is 12.0 Å². The molecule has 0 radical (unpaired) electrons. The number of hydrogen-bond acceptors (Lipinski definition) is 3. The van der Waals surface area contributed by atoms with Crippen molar-refractivity contribution in [2.75, 3.05) is 19.7 Å². The van der Waals surface area contributed by atoms with Crippen molar-refractivity contribution in [2.45, 2.75) is 57.4 Å². The Kier molecular flexibility index (Phi) is 5.58. The van der Waals surface area contributed by atoms with Crippen LogP contribution in [-0.4, -0.2) is 48.6 Å². The minimum absolute atomic E-state index is 0.177. The molecule has 2 rings (SSSR count). The first-order valence-electron chi connectivity index (χ1n) is 8.01. The quantitative estimate of drug-likeness (QED) is 0.814. The maximum Gasteiger partial charge on any atom is 0.317 e. The molecule has 1 aliphatic carbocycles. The van der Waals surface area contributed by atoms with Crippen LogP contribution in [0.2, 0.25) is 0 Å². The first kappa shape index (κ1) is 17.0. The molecule has 1 atom stereocenters. The van der Waals surface area contributed by atoms with E-state index in [2.05, 4.69) is 5.32 Å². The lowest BCUT2D eigenvalue weighted by atomic mass is 9.92. The van der Waals surface area contributed by atoms with E-state index in [0.717, 1.165) is 12.8 Å². The van der Waals surface area contributed by atoms with Gasteiger partial charge in [0, 0.05) is 32.0 Å². The second-order valence-corrected chi connectivity index (χ2v) is 6.12. The maximum atomic E-state index is 13.1. The molecule has 22 heavy (non-hydrogen) atoms. The standard InChI is InChI=1S/C15H24F2N2O3/c1-2-22-13(20)11-4-3-9-19(10-11)14(21)18-12-5-7-15(16,17)8-6-12/h11-12H,2-10H2,1H3,(H,18,21)/t11-/m0/s1. The summed E-state index contributed by atoms with van der Waals surface area (Å²) in [5.41, 5.74) is 0. The van der Waals surface area contributed by atoms with E-state index in [4.69, 9.17) is 4.74 Å². The highest BCUT2D eigenvalue weighted by Crippen LogP contribution is 2.33. The number of halogens is 2. The average molecular weight is 318 g/mol. The van der Waals surface area contributed by atoms with Crippen LogP contribution in [0, 0.1) is 5.92 Å². The highest BCUT2D eigenvalue weighted by Gasteiger charge is 2.36. The van der Waals surface area contributed by atoms with Crippen molar-refractivity contribution in [1.82, 2.24) is 10.2 Å². The zero-order valence-electron chi connectivity index (χ0n) is 12.9. The predicted molar refractivity (Wildman–Crippen MR) is 76.7 cm³/mol. The Hall–Kier alpha value is -1.40. The van der Waals surface area contributed by atoms with Crippen LogP contribution < -0.4 is 5.32 Å². The normalized spacial score (nSPS) is 25.6. The van der Waals surface area contributed by atoms with E-state index in [1.807, 2.05) is 0 Å². The zero-order chi connectivity index (χ0) is 16.2. The molecule has 1 aliphatic heterocycles. The number of piperidine rings is 1. The molecular weight excluding hydrogens is 294 g/mol. The molecule has 0 unspecified atom stereocenters. The van der Waals surface area contributed by atoms with Crippen LogP contribution in [0.15, 0.2) is 0 Å². The Morgan fingerprint density at radius 2 is 1.95 bits per heavy atom. The lowest BCUT2D eigenvalue weighted by Gasteiger charge is -2.34. The topological polar surface area (TPSA) is 58.6 Å². The van der Waals surface area contributed by atoms with Crippen LogP contribution >= 0.6 is 0 Å². The Morgan fingerprint density at radius 3 is 2.59 bits per heavy atom. The monoisotopic (exact) mass is 318 g/mol. The van der Waals surface area contributed by atoms with Gasteiger partial charge in [0.1, 0.15) is 0 Å². The van der Waals surface area contributed by atoms with E-state index >= 15 is 0 Å². The molecule has 0 spiro atoms. The summed E-state index contributed by atoms with van der Waals surface area (Å²) in [6.45, 7) is 3.01. The number of carbonyl (C=O) groups is 2. The first-order chi connectivity index (χ1) is 10.4. The van der Waals surface area contributed by atoms with E-state index in [-0.39, 0.29) is 36.8 Å². The van der Waals surface area contributed by atoms with Crippen molar-refractivity contribution in [3.05, 3.63) is 0 Å². The van der Waals surface area contributed by atoms with Crippen molar-refractivity contribution in [2.24, 2.45) is 5.92 Å². The van der Waals surface area contributed by atoms with Gasteiger partial charge in [-0.1, -0.05) is 0 Å². The van der Waals surface area contributed by atoms with Gasteiger partial charge in [-0.25, -0.2) is 13.6 Å². The summed E-state index contributed by atoms with van der Waals surface area (Å²) in [7, 11) is 0. The summed E-state index contributed by atoms with van der Waals surface area (Å²) < 4.78 is 31.2. The molecule has 2 amide bonds. The van der Waals surface area contributed by atoms with Gasteiger partial charge in [-0.15, -0.1) is 0 Å². The maximum absolute atomic E-state index is 13.1. The minimum atomic E-state index is -2.60. The highest BCUT2D eigenvalue weighted by atomic mass is 19.3. The molecule has 1 saturated carbocycles. The van der Waals surface area contributed by atoms with Crippen LogP contribution in [0.4, 0.5) is 13.6 Å². The van der Waals surface area contributed by atoms with Crippen LogP contribution in [0.3, 0.4) is 0 Å². The van der Waals surface area contributed by atoms with Crippen molar-refractivity contribution in [3.8, 4) is 0 Å². The number of rotatable bonds is 3. The van der Waals surface area contributed by atoms with E-state index < -0.39 is 5.92 Å². The number of likely N-dealkylation sites (tertiary alicyclic amines) is 1. The summed E-state index contributed by atoms with van der Waals surface area (Å²) in [6, 6.07) is -0.459. The molecule has 0 bridgehead atoms. The molecule has 1 saturated heterocycles. The van der Waals surface area contributed by atoms with Crippen molar-refractivity contribution < 1.29 is 23.1 Å². The van der Waals surface area contributed by atoms with Crippen LogP contribution in [0.25, 0.3) is 0 Å². The third kappa shape index (κ3) is 4.55. The summed E-state index contributed by atoms with van der Waals surface area (Å²) in [5.74, 6) is -3.14. The lowest BCUT2D eigenvalue weighted by Crippen LogP contribution is -2.51. The number of alkyl halides is 2. The van der Waals surface area contributed by atoms with Gasteiger partial charge in [-0.3, -0.25) is 4.79 Å². The Bertz CT molecular complexity index is 408. The molecule has 0 aromatic heterocycles. The van der Waals surface area contributed by atoms with Crippen molar-refractivity contribution in [3.63, 3.8) is 0 Å². The smallest absolute Gasteiger partial charge is 0.317 e. The fourth-order valence-electron chi connectivity index (χ4n) is 3.06. The Balaban J connectivity index is 1.81. The van der Waals surface area contributed by atoms with Gasteiger partial charge >= 0.3 is 12.0 Å². The van der Waals surface area contributed by atoms with E-state index in [0.29, 0.717) is 32.5 Å². The summed E-state index contributed by atoms with van der Waals surface area (Å²) in [4.78, 5) is 25.6. The van der Waals surface area contributed by atoms with Gasteiger partial charge in [0.25, 0.3) is 0 Å². The van der Waals surface area contributed by atoms with Crippen LogP contribution in [-0.2, 0) is 9.53 Å². The molecular formula is C15H24F2N2O3. The number of hydrogen-bond donors (Lipinski definition) is 1. The van der Waals surface area contributed by atoms with Gasteiger partial charge < -0.3 is 15.0 Å². The minimum Gasteiger partial charge on any atom is -0.466 e. The van der Waals surface area contributed by atoms with Gasteiger partial charge in [-0.2, -0.15) is 0 Å². The SMILES string of the molecule is CCOC(=O)[C@H]1CCCN(C(=O)NC2CCC(F)(F)CC2)C1. The number of ether oxygens (including phenoxy) is 1. The first-order valence-corrected chi connectivity index (χ1v) is 8.01. The third-order valence-electron chi connectivity index (χ3n) is 4.37. The second kappa shape index (κ2) is 7.24. The summed E-state index contributed by atoms with van der Waals surface area (Å²) >= 11 is 0. The molecule has 0 aromatic carbocycles. The Labute approximate surface area is 129 Å². The van der Waals surface area contributed by atoms with E-state index in [9.17, 15) is 18.4 Å². The molecule has 7 heteroatoms. The Morgan fingerprint density at radius 1 is 1.27 bits per heavy atom.